The highest BCUT2D eigenvalue weighted by molar-refractivity contribution is 7.89. The number of sulfonamides is 1. The SMILES string of the molecule is O=S1(=O)c2c(Cl)cc(Cl)cc2NCN1Cc1ccc(F)cc1. The highest BCUT2D eigenvalue weighted by atomic mass is 35.5. The van der Waals surface area contributed by atoms with Crippen LogP contribution in [0.25, 0.3) is 0 Å². The normalized spacial score (nSPS) is 16.9. The fourth-order valence-electron chi connectivity index (χ4n) is 2.28. The third kappa shape index (κ3) is 2.79. The quantitative estimate of drug-likeness (QED) is 0.887. The van der Waals surface area contributed by atoms with Gasteiger partial charge in [0.25, 0.3) is 0 Å². The van der Waals surface area contributed by atoms with Crippen molar-refractivity contribution < 1.29 is 12.8 Å². The molecule has 1 N–H and O–H groups in total. The minimum atomic E-state index is -3.75. The Kier molecular flexibility index (Phi) is 4.03. The zero-order chi connectivity index (χ0) is 15.9. The topological polar surface area (TPSA) is 49.4 Å². The van der Waals surface area contributed by atoms with E-state index >= 15 is 0 Å². The molecule has 116 valence electrons. The number of hydrogen-bond acceptors (Lipinski definition) is 3. The standard InChI is InChI=1S/C14H11Cl2FN2O2S/c15-10-5-12(16)14-13(6-10)18-8-19(22(14,20)21)7-9-1-3-11(17)4-2-9/h1-6,18H,7-8H2. The Morgan fingerprint density at radius 3 is 2.55 bits per heavy atom. The fraction of sp³-hybridized carbons (Fsp3) is 0.143. The van der Waals surface area contributed by atoms with Gasteiger partial charge in [0.15, 0.2) is 0 Å². The summed E-state index contributed by atoms with van der Waals surface area (Å²) in [6.45, 7) is 0.206. The molecule has 0 saturated carbocycles. The highest BCUT2D eigenvalue weighted by Gasteiger charge is 2.33. The first-order valence-corrected chi connectivity index (χ1v) is 8.55. The van der Waals surface area contributed by atoms with Gasteiger partial charge in [-0.2, -0.15) is 4.31 Å². The van der Waals surface area contributed by atoms with Crippen LogP contribution in [0.5, 0.6) is 0 Å². The number of nitrogens with zero attached hydrogens (tertiary/aromatic N) is 1. The smallest absolute Gasteiger partial charge is 0.248 e. The lowest BCUT2D eigenvalue weighted by molar-refractivity contribution is 0.420. The van der Waals surface area contributed by atoms with E-state index in [4.69, 9.17) is 23.2 Å². The Morgan fingerprint density at radius 1 is 1.18 bits per heavy atom. The summed E-state index contributed by atoms with van der Waals surface area (Å²) in [4.78, 5) is 0.00642. The Labute approximate surface area is 137 Å². The number of rotatable bonds is 2. The minimum Gasteiger partial charge on any atom is -0.370 e. The van der Waals surface area contributed by atoms with Gasteiger partial charge in [0.1, 0.15) is 10.7 Å². The summed E-state index contributed by atoms with van der Waals surface area (Å²) in [5, 5.41) is 3.41. The predicted molar refractivity (Wildman–Crippen MR) is 84.1 cm³/mol. The van der Waals surface area contributed by atoms with E-state index in [0.29, 0.717) is 16.3 Å². The van der Waals surface area contributed by atoms with Crippen molar-refractivity contribution >= 4 is 38.9 Å². The molecule has 8 heteroatoms. The van der Waals surface area contributed by atoms with Gasteiger partial charge in [0.05, 0.1) is 17.4 Å². The molecule has 0 saturated heterocycles. The first-order chi connectivity index (χ1) is 10.4. The zero-order valence-electron chi connectivity index (χ0n) is 11.2. The van der Waals surface area contributed by atoms with E-state index in [0.717, 1.165) is 0 Å². The van der Waals surface area contributed by atoms with Crippen LogP contribution in [0.15, 0.2) is 41.3 Å². The molecule has 0 aromatic heterocycles. The molecular weight excluding hydrogens is 350 g/mol. The van der Waals surface area contributed by atoms with E-state index in [1.807, 2.05) is 0 Å². The first-order valence-electron chi connectivity index (χ1n) is 6.35. The van der Waals surface area contributed by atoms with Crippen molar-refractivity contribution in [1.82, 2.24) is 4.31 Å². The Hall–Kier alpha value is -1.34. The van der Waals surface area contributed by atoms with E-state index in [-0.39, 0.29) is 28.9 Å². The van der Waals surface area contributed by atoms with Crippen molar-refractivity contribution in [3.63, 3.8) is 0 Å². The molecule has 22 heavy (non-hydrogen) atoms. The summed E-state index contributed by atoms with van der Waals surface area (Å²) in [5.74, 6) is -0.369. The molecule has 1 aliphatic heterocycles. The summed E-state index contributed by atoms with van der Waals surface area (Å²) in [6, 6.07) is 8.59. The van der Waals surface area contributed by atoms with Crippen LogP contribution in [0.3, 0.4) is 0 Å². The van der Waals surface area contributed by atoms with Crippen LogP contribution in [0.1, 0.15) is 5.56 Å². The Bertz CT molecular complexity index is 825. The van der Waals surface area contributed by atoms with Crippen LogP contribution in [0.4, 0.5) is 10.1 Å². The van der Waals surface area contributed by atoms with Gasteiger partial charge in [-0.25, -0.2) is 12.8 Å². The second kappa shape index (κ2) is 5.70. The summed E-state index contributed by atoms with van der Waals surface area (Å²) in [7, 11) is -3.75. The lowest BCUT2D eigenvalue weighted by atomic mass is 10.2. The van der Waals surface area contributed by atoms with Gasteiger partial charge >= 0.3 is 0 Å². The van der Waals surface area contributed by atoms with Crippen LogP contribution in [-0.2, 0) is 16.6 Å². The molecule has 2 aromatic carbocycles. The molecule has 0 aliphatic carbocycles. The first kappa shape index (κ1) is 15.6. The molecule has 0 radical (unpaired) electrons. The molecule has 0 bridgehead atoms. The van der Waals surface area contributed by atoms with E-state index in [1.165, 1.54) is 28.6 Å². The number of nitrogens with one attached hydrogen (secondary N) is 1. The number of halogens is 3. The highest BCUT2D eigenvalue weighted by Crippen LogP contribution is 2.37. The number of benzene rings is 2. The fourth-order valence-corrected chi connectivity index (χ4v) is 4.59. The maximum atomic E-state index is 12.9. The molecule has 2 aromatic rings. The summed E-state index contributed by atoms with van der Waals surface area (Å²) >= 11 is 11.9. The largest absolute Gasteiger partial charge is 0.370 e. The molecule has 0 fully saturated rings. The number of anilines is 1. The maximum absolute atomic E-state index is 12.9. The van der Waals surface area contributed by atoms with E-state index in [9.17, 15) is 12.8 Å². The van der Waals surface area contributed by atoms with Crippen molar-refractivity contribution in [3.05, 3.63) is 57.8 Å². The van der Waals surface area contributed by atoms with Crippen LogP contribution in [0, 0.1) is 5.82 Å². The predicted octanol–water partition coefficient (Wildman–Crippen LogP) is 3.71. The van der Waals surface area contributed by atoms with Crippen LogP contribution >= 0.6 is 23.2 Å². The molecule has 0 spiro atoms. The lowest BCUT2D eigenvalue weighted by Gasteiger charge is -2.30. The second-order valence-electron chi connectivity index (χ2n) is 4.84. The van der Waals surface area contributed by atoms with Gasteiger partial charge in [0.2, 0.25) is 10.0 Å². The van der Waals surface area contributed by atoms with Crippen molar-refractivity contribution in [1.29, 1.82) is 0 Å². The average molecular weight is 361 g/mol. The lowest BCUT2D eigenvalue weighted by Crippen LogP contribution is -2.39. The van der Waals surface area contributed by atoms with Gasteiger partial charge in [-0.1, -0.05) is 35.3 Å². The molecular formula is C14H11Cl2FN2O2S. The monoisotopic (exact) mass is 360 g/mol. The van der Waals surface area contributed by atoms with Gasteiger partial charge in [-0.3, -0.25) is 0 Å². The third-order valence-electron chi connectivity index (χ3n) is 3.32. The molecule has 1 heterocycles. The Balaban J connectivity index is 1.97. The van der Waals surface area contributed by atoms with Gasteiger partial charge in [-0.05, 0) is 29.8 Å². The molecule has 0 amide bonds. The minimum absolute atomic E-state index is 0.00642. The Morgan fingerprint density at radius 2 is 1.86 bits per heavy atom. The summed E-state index contributed by atoms with van der Waals surface area (Å²) in [6.07, 6.45) is 0. The average Bonchev–Trinajstić information content (AvgIpc) is 2.43. The zero-order valence-corrected chi connectivity index (χ0v) is 13.5. The van der Waals surface area contributed by atoms with E-state index in [1.54, 1.807) is 12.1 Å². The molecule has 0 unspecified atom stereocenters. The van der Waals surface area contributed by atoms with Crippen molar-refractivity contribution in [2.45, 2.75) is 11.4 Å². The molecule has 4 nitrogen and oxygen atoms in total. The van der Waals surface area contributed by atoms with E-state index in [2.05, 4.69) is 5.32 Å². The van der Waals surface area contributed by atoms with Crippen molar-refractivity contribution in [3.8, 4) is 0 Å². The van der Waals surface area contributed by atoms with Crippen LogP contribution in [-0.4, -0.2) is 19.4 Å². The van der Waals surface area contributed by atoms with Gasteiger partial charge in [-0.15, -0.1) is 0 Å². The summed E-state index contributed by atoms with van der Waals surface area (Å²) < 4.78 is 39.6. The van der Waals surface area contributed by atoms with E-state index < -0.39 is 10.0 Å². The third-order valence-corrected chi connectivity index (χ3v) is 5.85. The van der Waals surface area contributed by atoms with Crippen LogP contribution in [0.2, 0.25) is 10.0 Å². The number of fused-ring (bicyclic) bond motifs is 1. The molecule has 1 aliphatic rings. The second-order valence-corrected chi connectivity index (χ2v) is 7.56. The molecule has 0 atom stereocenters. The van der Waals surface area contributed by atoms with Gasteiger partial charge in [0, 0.05) is 11.6 Å². The number of hydrogen-bond donors (Lipinski definition) is 1. The molecule has 3 rings (SSSR count). The van der Waals surface area contributed by atoms with Crippen molar-refractivity contribution in [2.75, 3.05) is 12.0 Å². The maximum Gasteiger partial charge on any atom is 0.248 e. The van der Waals surface area contributed by atoms with Crippen molar-refractivity contribution in [2.24, 2.45) is 0 Å². The van der Waals surface area contributed by atoms with Gasteiger partial charge < -0.3 is 5.32 Å². The van der Waals surface area contributed by atoms with Crippen LogP contribution < -0.4 is 5.32 Å². The summed E-state index contributed by atoms with van der Waals surface area (Å²) in [5.41, 5.74) is 1.06.